The number of fused-ring (bicyclic) bond motifs is 3. The second-order valence-electron chi connectivity index (χ2n) is 9.15. The zero-order chi connectivity index (χ0) is 24.0. The average molecular weight is 478 g/mol. The quantitative estimate of drug-likeness (QED) is 0.487. The number of ether oxygens (including phenoxy) is 1. The molecule has 0 bridgehead atoms. The number of nitrogens with zero attached hydrogens (tertiary/aromatic N) is 3. The molecule has 176 valence electrons. The van der Waals surface area contributed by atoms with Gasteiger partial charge >= 0.3 is 5.97 Å². The third kappa shape index (κ3) is 3.35. The minimum Gasteiger partial charge on any atom is -0.467 e. The molecule has 7 nitrogen and oxygen atoms in total. The van der Waals surface area contributed by atoms with Crippen LogP contribution in [0.3, 0.4) is 0 Å². The van der Waals surface area contributed by atoms with Crippen molar-refractivity contribution in [1.82, 2.24) is 9.80 Å². The molecule has 0 spiro atoms. The Labute approximate surface area is 203 Å². The van der Waals surface area contributed by atoms with Gasteiger partial charge in [0, 0.05) is 19.2 Å². The van der Waals surface area contributed by atoms with Crippen molar-refractivity contribution in [2.24, 2.45) is 16.8 Å². The van der Waals surface area contributed by atoms with E-state index in [-0.39, 0.29) is 24.3 Å². The largest absolute Gasteiger partial charge is 0.467 e. The highest BCUT2D eigenvalue weighted by Crippen LogP contribution is 2.53. The second-order valence-corrected chi connectivity index (χ2v) is 10.1. The van der Waals surface area contributed by atoms with Crippen molar-refractivity contribution < 1.29 is 19.1 Å². The monoisotopic (exact) mass is 477 g/mol. The summed E-state index contributed by atoms with van der Waals surface area (Å²) in [6.07, 6.45) is 0.259. The molecule has 0 aromatic heterocycles. The molecule has 2 aromatic carbocycles. The molecule has 2 aromatic rings. The Morgan fingerprint density at radius 1 is 1.09 bits per heavy atom. The van der Waals surface area contributed by atoms with Gasteiger partial charge in [-0.05, 0) is 18.1 Å². The number of methoxy groups -OCH3 is 1. The number of hydrogen-bond donors (Lipinski definition) is 0. The van der Waals surface area contributed by atoms with Crippen LogP contribution < -0.4 is 0 Å². The fourth-order valence-electron chi connectivity index (χ4n) is 5.61. The van der Waals surface area contributed by atoms with Crippen LogP contribution in [-0.2, 0) is 31.3 Å². The van der Waals surface area contributed by atoms with Crippen molar-refractivity contribution in [3.05, 3.63) is 71.3 Å². The lowest BCUT2D eigenvalue weighted by Gasteiger charge is -2.40. The van der Waals surface area contributed by atoms with E-state index in [1.165, 1.54) is 36.4 Å². The van der Waals surface area contributed by atoms with Crippen LogP contribution in [0.25, 0.3) is 0 Å². The van der Waals surface area contributed by atoms with Gasteiger partial charge < -0.3 is 9.64 Å². The van der Waals surface area contributed by atoms with Crippen LogP contribution in [0.1, 0.15) is 16.7 Å². The maximum Gasteiger partial charge on any atom is 0.333 e. The number of aryl methyl sites for hydroxylation is 1. The summed E-state index contributed by atoms with van der Waals surface area (Å²) in [7, 11) is 2.84. The number of likely N-dealkylation sites (tertiary alicyclic amines) is 1. The van der Waals surface area contributed by atoms with Crippen molar-refractivity contribution in [1.29, 1.82) is 0 Å². The fourth-order valence-corrected chi connectivity index (χ4v) is 6.70. The minimum absolute atomic E-state index is 0.246. The molecule has 3 heterocycles. The second kappa shape index (κ2) is 8.58. The van der Waals surface area contributed by atoms with Gasteiger partial charge in [0.05, 0.1) is 31.5 Å². The topological polar surface area (TPSA) is 79.3 Å². The summed E-state index contributed by atoms with van der Waals surface area (Å²) >= 11 is 1.53. The molecule has 3 aliphatic rings. The van der Waals surface area contributed by atoms with Gasteiger partial charge in [0.1, 0.15) is 0 Å². The van der Waals surface area contributed by atoms with Crippen molar-refractivity contribution in [3.8, 4) is 0 Å². The van der Waals surface area contributed by atoms with Gasteiger partial charge in [0.15, 0.2) is 10.7 Å². The highest BCUT2D eigenvalue weighted by Gasteiger charge is 2.73. The zero-order valence-electron chi connectivity index (χ0n) is 19.4. The molecule has 34 heavy (non-hydrogen) atoms. The number of aliphatic imine (C=N–C) groups is 1. The Kier molecular flexibility index (Phi) is 5.72. The van der Waals surface area contributed by atoms with Gasteiger partial charge in [-0.2, -0.15) is 0 Å². The highest BCUT2D eigenvalue weighted by molar-refractivity contribution is 8.13. The maximum absolute atomic E-state index is 13.6. The smallest absolute Gasteiger partial charge is 0.333 e. The standard InChI is InChI=1S/C26H27N3O4S/c1-16-9-11-18(12-10-16)15-34-25-27-14-19-20-21(23(31)28(2)22(20)30)26(29(19)25,24(32)33-3)13-17-7-5-4-6-8-17/h4-12,19-21H,13-15H2,1-3H3/t19-,20+,21-,26-/m1/s1. The summed E-state index contributed by atoms with van der Waals surface area (Å²) < 4.78 is 5.34. The van der Waals surface area contributed by atoms with Gasteiger partial charge in [-0.15, -0.1) is 0 Å². The van der Waals surface area contributed by atoms with E-state index in [4.69, 9.17) is 9.73 Å². The molecule has 4 atom stereocenters. The molecule has 0 N–H and O–H groups in total. The van der Waals surface area contributed by atoms with E-state index in [1.54, 1.807) is 0 Å². The number of hydrogen-bond acceptors (Lipinski definition) is 7. The molecule has 3 aliphatic heterocycles. The number of esters is 1. The molecule has 2 fully saturated rings. The summed E-state index contributed by atoms with van der Waals surface area (Å²) in [5.74, 6) is -1.84. The molecular weight excluding hydrogens is 450 g/mol. The number of amidine groups is 1. The maximum atomic E-state index is 13.6. The van der Waals surface area contributed by atoms with Crippen molar-refractivity contribution in [3.63, 3.8) is 0 Å². The van der Waals surface area contributed by atoms with Crippen molar-refractivity contribution >= 4 is 34.7 Å². The van der Waals surface area contributed by atoms with Crippen LogP contribution in [0.5, 0.6) is 0 Å². The summed E-state index contributed by atoms with van der Waals surface area (Å²) in [4.78, 5) is 48.1. The first-order valence-corrected chi connectivity index (χ1v) is 12.3. The number of thioether (sulfide) groups is 1. The van der Waals surface area contributed by atoms with E-state index in [9.17, 15) is 14.4 Å². The van der Waals surface area contributed by atoms with Crippen LogP contribution in [0.4, 0.5) is 0 Å². The first-order chi connectivity index (χ1) is 16.4. The number of amides is 2. The van der Waals surface area contributed by atoms with E-state index >= 15 is 0 Å². The molecule has 0 unspecified atom stereocenters. The molecule has 0 radical (unpaired) electrons. The summed E-state index contributed by atoms with van der Waals surface area (Å²) in [6.45, 7) is 2.42. The van der Waals surface area contributed by atoms with Gasteiger partial charge in [-0.3, -0.25) is 19.5 Å². The molecule has 5 rings (SSSR count). The van der Waals surface area contributed by atoms with E-state index in [2.05, 4.69) is 24.3 Å². The predicted octanol–water partition coefficient (Wildman–Crippen LogP) is 2.67. The molecule has 0 aliphatic carbocycles. The van der Waals surface area contributed by atoms with E-state index in [1.807, 2.05) is 42.2 Å². The van der Waals surface area contributed by atoms with Gasteiger partial charge in [-0.1, -0.05) is 71.9 Å². The first-order valence-electron chi connectivity index (χ1n) is 11.3. The number of imide groups is 1. The predicted molar refractivity (Wildman–Crippen MR) is 130 cm³/mol. The minimum atomic E-state index is -1.33. The lowest BCUT2D eigenvalue weighted by molar-refractivity contribution is -0.157. The van der Waals surface area contributed by atoms with Crippen LogP contribution in [-0.4, -0.2) is 65.0 Å². The van der Waals surface area contributed by atoms with Crippen molar-refractivity contribution in [2.45, 2.75) is 30.7 Å². The molecule has 0 saturated carbocycles. The molecule has 8 heteroatoms. The Bertz CT molecular complexity index is 1170. The normalized spacial score (nSPS) is 27.6. The van der Waals surface area contributed by atoms with Crippen LogP contribution in [0.15, 0.2) is 59.6 Å². The van der Waals surface area contributed by atoms with E-state index in [0.717, 1.165) is 11.1 Å². The molecule has 2 saturated heterocycles. The third-order valence-electron chi connectivity index (χ3n) is 7.23. The van der Waals surface area contributed by atoms with Crippen LogP contribution in [0.2, 0.25) is 0 Å². The van der Waals surface area contributed by atoms with E-state index < -0.39 is 23.3 Å². The van der Waals surface area contributed by atoms with Crippen LogP contribution >= 0.6 is 11.8 Å². The lowest BCUT2D eigenvalue weighted by Crippen LogP contribution is -2.60. The van der Waals surface area contributed by atoms with Gasteiger partial charge in [0.2, 0.25) is 11.8 Å². The Hall–Kier alpha value is -3.13. The number of benzene rings is 2. The fraction of sp³-hybridized carbons (Fsp3) is 0.385. The van der Waals surface area contributed by atoms with Crippen LogP contribution in [0, 0.1) is 18.8 Å². The summed E-state index contributed by atoms with van der Waals surface area (Å²) in [6, 6.07) is 17.5. The Morgan fingerprint density at radius 2 is 1.79 bits per heavy atom. The SMILES string of the molecule is COC(=O)[C@@]1(Cc2ccccc2)[C@H]2C(=O)N(C)C(=O)[C@H]2[C@H]2CN=C(SCc3ccc(C)cc3)N21. The first kappa shape index (κ1) is 22.7. The zero-order valence-corrected chi connectivity index (χ0v) is 20.2. The van der Waals surface area contributed by atoms with Gasteiger partial charge in [-0.25, -0.2) is 4.79 Å². The lowest BCUT2D eigenvalue weighted by atomic mass is 9.76. The van der Waals surface area contributed by atoms with Gasteiger partial charge in [0.25, 0.3) is 0 Å². The number of carbonyl (C=O) groups excluding carboxylic acids is 3. The summed E-state index contributed by atoms with van der Waals surface area (Å²) in [5.41, 5.74) is 1.89. The average Bonchev–Trinajstić information content (AvgIpc) is 3.46. The highest BCUT2D eigenvalue weighted by atomic mass is 32.2. The van der Waals surface area contributed by atoms with Crippen molar-refractivity contribution in [2.75, 3.05) is 20.7 Å². The number of carbonyl (C=O) groups is 3. The summed E-state index contributed by atoms with van der Waals surface area (Å²) in [5, 5.41) is 0.685. The molecular formula is C26H27N3O4S. The third-order valence-corrected chi connectivity index (χ3v) is 8.29. The Balaban J connectivity index is 1.57. The van der Waals surface area contributed by atoms with E-state index in [0.29, 0.717) is 17.5 Å². The Morgan fingerprint density at radius 3 is 2.47 bits per heavy atom. The number of rotatable bonds is 5. The molecule has 2 amide bonds.